The van der Waals surface area contributed by atoms with Gasteiger partial charge in [0.25, 0.3) is 0 Å². The number of rotatable bonds is 2. The van der Waals surface area contributed by atoms with Gasteiger partial charge in [-0.1, -0.05) is 13.3 Å². The summed E-state index contributed by atoms with van der Waals surface area (Å²) in [6.07, 6.45) is 5.02. The van der Waals surface area contributed by atoms with Crippen molar-refractivity contribution < 1.29 is 4.74 Å². The summed E-state index contributed by atoms with van der Waals surface area (Å²) in [7, 11) is 0. The first-order valence-corrected chi connectivity index (χ1v) is 7.55. The van der Waals surface area contributed by atoms with Gasteiger partial charge in [-0.25, -0.2) is 4.98 Å². The lowest BCUT2D eigenvalue weighted by atomic mass is 9.89. The molecular weight excluding hydrogens is 268 g/mol. The summed E-state index contributed by atoms with van der Waals surface area (Å²) < 4.78 is 6.05. The van der Waals surface area contributed by atoms with Gasteiger partial charge in [-0.3, -0.25) is 0 Å². The molecule has 3 nitrogen and oxygen atoms in total. The van der Waals surface area contributed by atoms with E-state index in [0.717, 1.165) is 29.0 Å². The van der Waals surface area contributed by atoms with Crippen LogP contribution in [0.5, 0.6) is 5.88 Å². The van der Waals surface area contributed by atoms with Gasteiger partial charge < -0.3 is 4.74 Å². The van der Waals surface area contributed by atoms with Crippen LogP contribution in [0.15, 0.2) is 11.4 Å². The highest BCUT2D eigenvalue weighted by Gasteiger charge is 2.22. The molecule has 0 aromatic carbocycles. The topological polar surface area (TPSA) is 35.0 Å². The van der Waals surface area contributed by atoms with Gasteiger partial charge in [-0.05, 0) is 48.2 Å². The van der Waals surface area contributed by atoms with E-state index in [1.165, 1.54) is 12.8 Å². The normalized spacial score (nSPS) is 24.3. The molecule has 2 aromatic heterocycles. The van der Waals surface area contributed by atoms with Crippen LogP contribution in [0.3, 0.4) is 0 Å². The predicted molar refractivity (Wildman–Crippen MR) is 74.5 cm³/mol. The zero-order valence-corrected chi connectivity index (χ0v) is 11.8. The van der Waals surface area contributed by atoms with Crippen LogP contribution < -0.4 is 4.74 Å². The molecule has 1 fully saturated rings. The van der Waals surface area contributed by atoms with Crippen molar-refractivity contribution in [2.75, 3.05) is 0 Å². The minimum absolute atomic E-state index is 0.266. The molecule has 0 amide bonds. The lowest BCUT2D eigenvalue weighted by Gasteiger charge is -2.27. The second-order valence-corrected chi connectivity index (χ2v) is 6.18. The third-order valence-electron chi connectivity index (χ3n) is 3.43. The number of hydrogen-bond acceptors (Lipinski definition) is 4. The molecule has 0 N–H and O–H groups in total. The van der Waals surface area contributed by atoms with E-state index in [9.17, 15) is 0 Å². The van der Waals surface area contributed by atoms with Crippen LogP contribution >= 0.6 is 22.9 Å². The minimum atomic E-state index is 0.266. The van der Waals surface area contributed by atoms with Crippen molar-refractivity contribution >= 4 is 33.2 Å². The molecule has 0 radical (unpaired) electrons. The first-order chi connectivity index (χ1) is 8.72. The smallest absolute Gasteiger partial charge is 0.227 e. The molecule has 0 spiro atoms. The van der Waals surface area contributed by atoms with E-state index < -0.39 is 0 Å². The molecule has 0 bridgehead atoms. The number of aromatic nitrogens is 2. The molecule has 2 atom stereocenters. The van der Waals surface area contributed by atoms with Crippen LogP contribution in [-0.4, -0.2) is 16.1 Å². The number of nitrogens with zero attached hydrogens (tertiary/aromatic N) is 2. The highest BCUT2D eigenvalue weighted by atomic mass is 35.5. The summed E-state index contributed by atoms with van der Waals surface area (Å²) in [5, 5.41) is 3.23. The van der Waals surface area contributed by atoms with Crippen LogP contribution in [0.25, 0.3) is 10.2 Å². The van der Waals surface area contributed by atoms with E-state index in [0.29, 0.717) is 5.88 Å². The molecule has 0 saturated heterocycles. The first kappa shape index (κ1) is 12.2. The molecule has 1 aliphatic rings. The van der Waals surface area contributed by atoms with Gasteiger partial charge in [-0.15, -0.1) is 11.3 Å². The predicted octanol–water partition coefficient (Wildman–Crippen LogP) is 4.30. The maximum absolute atomic E-state index is 6.05. The number of fused-ring (bicyclic) bond motifs is 1. The van der Waals surface area contributed by atoms with E-state index in [1.54, 1.807) is 11.3 Å². The molecule has 1 saturated carbocycles. The third-order valence-corrected chi connectivity index (χ3v) is 4.41. The van der Waals surface area contributed by atoms with E-state index in [4.69, 9.17) is 16.3 Å². The van der Waals surface area contributed by atoms with Gasteiger partial charge in [0.15, 0.2) is 0 Å². The Bertz CT molecular complexity index is 557. The molecule has 0 aliphatic heterocycles. The highest BCUT2D eigenvalue weighted by Crippen LogP contribution is 2.32. The quantitative estimate of drug-likeness (QED) is 0.770. The average molecular weight is 283 g/mol. The maximum Gasteiger partial charge on any atom is 0.227 e. The van der Waals surface area contributed by atoms with E-state index in [-0.39, 0.29) is 11.4 Å². The van der Waals surface area contributed by atoms with Crippen LogP contribution in [-0.2, 0) is 0 Å². The molecule has 3 rings (SSSR count). The Labute approximate surface area is 115 Å². The second-order valence-electron chi connectivity index (χ2n) is 4.95. The monoisotopic (exact) mass is 282 g/mol. The zero-order valence-electron chi connectivity index (χ0n) is 10.2. The van der Waals surface area contributed by atoms with E-state index in [2.05, 4.69) is 16.9 Å². The lowest BCUT2D eigenvalue weighted by Crippen LogP contribution is -2.24. The highest BCUT2D eigenvalue weighted by molar-refractivity contribution is 7.16. The number of hydrogen-bond donors (Lipinski definition) is 0. The Kier molecular flexibility index (Phi) is 3.39. The number of halogens is 1. The summed E-state index contributed by atoms with van der Waals surface area (Å²) >= 11 is 7.49. The summed E-state index contributed by atoms with van der Waals surface area (Å²) in [4.78, 5) is 9.33. The van der Waals surface area contributed by atoms with Crippen molar-refractivity contribution in [2.45, 2.75) is 38.7 Å². The first-order valence-electron chi connectivity index (χ1n) is 6.30. The van der Waals surface area contributed by atoms with Crippen molar-refractivity contribution in [1.29, 1.82) is 0 Å². The molecule has 18 heavy (non-hydrogen) atoms. The van der Waals surface area contributed by atoms with Crippen molar-refractivity contribution in [1.82, 2.24) is 9.97 Å². The van der Waals surface area contributed by atoms with Crippen LogP contribution in [0.2, 0.25) is 5.28 Å². The fourth-order valence-electron chi connectivity index (χ4n) is 2.54. The fraction of sp³-hybridized carbons (Fsp3) is 0.538. The summed E-state index contributed by atoms with van der Waals surface area (Å²) in [6, 6.07) is 2.00. The Morgan fingerprint density at radius 3 is 3.11 bits per heavy atom. The molecular formula is C13H15ClN2OS. The largest absolute Gasteiger partial charge is 0.474 e. The SMILES string of the molecule is CC1CCCC(Oc2nc(Cl)nc3sccc23)C1. The summed E-state index contributed by atoms with van der Waals surface area (Å²) in [5.41, 5.74) is 0. The Morgan fingerprint density at radius 2 is 2.28 bits per heavy atom. The van der Waals surface area contributed by atoms with Crippen molar-refractivity contribution in [3.05, 3.63) is 16.7 Å². The zero-order chi connectivity index (χ0) is 12.5. The van der Waals surface area contributed by atoms with Gasteiger partial charge in [0.1, 0.15) is 10.9 Å². The Balaban J connectivity index is 1.87. The van der Waals surface area contributed by atoms with Crippen molar-refractivity contribution in [3.8, 4) is 5.88 Å². The Hall–Kier alpha value is -0.870. The van der Waals surface area contributed by atoms with E-state index in [1.807, 2.05) is 11.4 Å². The Morgan fingerprint density at radius 1 is 1.39 bits per heavy atom. The fourth-order valence-corrected chi connectivity index (χ4v) is 3.50. The van der Waals surface area contributed by atoms with Crippen molar-refractivity contribution in [2.24, 2.45) is 5.92 Å². The molecule has 2 heterocycles. The van der Waals surface area contributed by atoms with E-state index >= 15 is 0 Å². The lowest BCUT2D eigenvalue weighted by molar-refractivity contribution is 0.126. The molecule has 2 aromatic rings. The van der Waals surface area contributed by atoms with Crippen LogP contribution in [0.1, 0.15) is 32.6 Å². The summed E-state index contributed by atoms with van der Waals surface area (Å²) in [5.74, 6) is 1.38. The van der Waals surface area contributed by atoms with Crippen LogP contribution in [0.4, 0.5) is 0 Å². The molecule has 2 unspecified atom stereocenters. The second kappa shape index (κ2) is 5.02. The molecule has 96 valence electrons. The van der Waals surface area contributed by atoms with Gasteiger partial charge >= 0.3 is 0 Å². The van der Waals surface area contributed by atoms with Gasteiger partial charge in [-0.2, -0.15) is 4.98 Å². The average Bonchev–Trinajstić information content (AvgIpc) is 2.77. The third kappa shape index (κ3) is 2.45. The number of thiophene rings is 1. The van der Waals surface area contributed by atoms with Crippen molar-refractivity contribution in [3.63, 3.8) is 0 Å². The molecule has 1 aliphatic carbocycles. The van der Waals surface area contributed by atoms with Crippen LogP contribution in [0, 0.1) is 5.92 Å². The maximum atomic E-state index is 6.05. The molecule has 5 heteroatoms. The summed E-state index contributed by atoms with van der Waals surface area (Å²) in [6.45, 7) is 2.28. The van der Waals surface area contributed by atoms with Gasteiger partial charge in [0.2, 0.25) is 11.2 Å². The van der Waals surface area contributed by atoms with Gasteiger partial charge in [0, 0.05) is 0 Å². The van der Waals surface area contributed by atoms with Gasteiger partial charge in [0.05, 0.1) is 5.39 Å². The standard InChI is InChI=1S/C13H15ClN2OS/c1-8-3-2-4-9(7-8)17-11-10-5-6-18-12(10)16-13(14)15-11/h5-6,8-9H,2-4,7H2,1H3. The minimum Gasteiger partial charge on any atom is -0.474 e. The number of ether oxygens (including phenoxy) is 1.